The Hall–Kier alpha value is -4.66. The molecule has 0 aliphatic carbocycles. The molecule has 2 aromatic carbocycles. The number of nitrogens with one attached hydrogen (secondary N) is 2. The van der Waals surface area contributed by atoms with E-state index in [0.717, 1.165) is 21.4 Å². The van der Waals surface area contributed by atoms with E-state index in [1.54, 1.807) is 36.4 Å². The zero-order valence-electron chi connectivity index (χ0n) is 19.6. The summed E-state index contributed by atoms with van der Waals surface area (Å²) in [5.74, 6) is -1.45. The Bertz CT molecular complexity index is 1440. The molecule has 9 heteroatoms. The van der Waals surface area contributed by atoms with Gasteiger partial charge in [0.25, 0.3) is 11.8 Å². The van der Waals surface area contributed by atoms with E-state index in [9.17, 15) is 19.2 Å². The number of nitrogens with zero attached hydrogens (tertiary/aromatic N) is 2. The van der Waals surface area contributed by atoms with Gasteiger partial charge in [0, 0.05) is 36.3 Å². The second kappa shape index (κ2) is 9.53. The Morgan fingerprint density at radius 2 is 1.86 bits per heavy atom. The number of aromatic nitrogens is 1. The van der Waals surface area contributed by atoms with Crippen LogP contribution < -0.4 is 10.2 Å². The van der Waals surface area contributed by atoms with E-state index in [1.807, 2.05) is 30.5 Å². The predicted molar refractivity (Wildman–Crippen MR) is 133 cm³/mol. The number of fused-ring (bicyclic) bond motifs is 1. The largest absolute Gasteiger partial charge is 0.459 e. The highest BCUT2D eigenvalue weighted by molar-refractivity contribution is 6.23. The molecule has 3 heterocycles. The Morgan fingerprint density at radius 1 is 1.08 bits per heavy atom. The molecule has 1 fully saturated rings. The van der Waals surface area contributed by atoms with Gasteiger partial charge >= 0.3 is 0 Å². The Kier molecular flexibility index (Phi) is 6.12. The van der Waals surface area contributed by atoms with Gasteiger partial charge in [-0.2, -0.15) is 0 Å². The van der Waals surface area contributed by atoms with Crippen molar-refractivity contribution in [3.05, 3.63) is 84.4 Å². The van der Waals surface area contributed by atoms with Crippen LogP contribution in [0.15, 0.2) is 77.5 Å². The van der Waals surface area contributed by atoms with Gasteiger partial charge in [-0.05, 0) is 54.4 Å². The summed E-state index contributed by atoms with van der Waals surface area (Å²) in [7, 11) is 0. The van der Waals surface area contributed by atoms with Gasteiger partial charge < -0.3 is 19.6 Å². The number of hydrogen-bond acceptors (Lipinski definition) is 5. The van der Waals surface area contributed by atoms with E-state index >= 15 is 0 Å². The second-order valence-corrected chi connectivity index (χ2v) is 8.60. The number of para-hydroxylation sites is 1. The molecule has 0 spiro atoms. The lowest BCUT2D eigenvalue weighted by Gasteiger charge is -2.27. The molecule has 2 N–H and O–H groups in total. The highest BCUT2D eigenvalue weighted by atomic mass is 16.3. The minimum atomic E-state index is -0.963. The average molecular weight is 485 g/mol. The van der Waals surface area contributed by atoms with Gasteiger partial charge in [0.2, 0.25) is 11.8 Å². The van der Waals surface area contributed by atoms with Gasteiger partial charge in [-0.1, -0.05) is 18.2 Å². The number of benzene rings is 2. The zero-order valence-corrected chi connectivity index (χ0v) is 19.6. The summed E-state index contributed by atoms with van der Waals surface area (Å²) in [5, 5.41) is 3.69. The fraction of sp³-hybridized carbons (Fsp3) is 0.185. The SMILES string of the molecule is CC(=O)Nc1ccc(N2C(=O)CC(N(CCc3c[nH]c4ccccc34)C(=O)c3ccco3)C2=O)cc1. The Morgan fingerprint density at radius 3 is 2.58 bits per heavy atom. The van der Waals surface area contributed by atoms with Crippen LogP contribution in [0.1, 0.15) is 29.5 Å². The van der Waals surface area contributed by atoms with Crippen molar-refractivity contribution in [2.75, 3.05) is 16.8 Å². The van der Waals surface area contributed by atoms with Crippen molar-refractivity contribution < 1.29 is 23.6 Å². The molecular formula is C27H24N4O5. The molecule has 0 bridgehead atoms. The van der Waals surface area contributed by atoms with Gasteiger partial charge in [-0.15, -0.1) is 0 Å². The molecule has 1 atom stereocenters. The van der Waals surface area contributed by atoms with E-state index in [4.69, 9.17) is 4.42 Å². The molecule has 5 rings (SSSR count). The molecule has 1 saturated heterocycles. The summed E-state index contributed by atoms with van der Waals surface area (Å²) in [6.07, 6.45) is 3.65. The van der Waals surface area contributed by atoms with Crippen molar-refractivity contribution in [2.24, 2.45) is 0 Å². The molecule has 1 aliphatic rings. The van der Waals surface area contributed by atoms with Crippen molar-refractivity contribution >= 4 is 45.9 Å². The summed E-state index contributed by atoms with van der Waals surface area (Å²) in [5.41, 5.74) is 2.92. The first kappa shape index (κ1) is 23.1. The molecule has 1 aliphatic heterocycles. The van der Waals surface area contributed by atoms with Gasteiger partial charge in [0.15, 0.2) is 5.76 Å². The van der Waals surface area contributed by atoms with Crippen LogP contribution in [0.5, 0.6) is 0 Å². The third-order valence-electron chi connectivity index (χ3n) is 6.23. The van der Waals surface area contributed by atoms with Crippen LogP contribution in [-0.2, 0) is 20.8 Å². The van der Waals surface area contributed by atoms with Crippen molar-refractivity contribution in [1.82, 2.24) is 9.88 Å². The lowest BCUT2D eigenvalue weighted by molar-refractivity contribution is -0.122. The van der Waals surface area contributed by atoms with E-state index in [2.05, 4.69) is 10.3 Å². The molecule has 4 amide bonds. The molecular weight excluding hydrogens is 460 g/mol. The van der Waals surface area contributed by atoms with Crippen LogP contribution in [0, 0.1) is 0 Å². The first-order chi connectivity index (χ1) is 17.4. The van der Waals surface area contributed by atoms with Gasteiger partial charge in [0.05, 0.1) is 18.4 Å². The summed E-state index contributed by atoms with van der Waals surface area (Å²) in [6, 6.07) is 16.5. The monoisotopic (exact) mass is 484 g/mol. The lowest BCUT2D eigenvalue weighted by atomic mass is 10.1. The average Bonchev–Trinajstić information content (AvgIpc) is 3.60. The van der Waals surface area contributed by atoms with Gasteiger partial charge in [0.1, 0.15) is 6.04 Å². The maximum Gasteiger partial charge on any atom is 0.290 e. The summed E-state index contributed by atoms with van der Waals surface area (Å²) < 4.78 is 5.32. The van der Waals surface area contributed by atoms with Crippen molar-refractivity contribution in [3.63, 3.8) is 0 Å². The Labute approximate surface area is 206 Å². The van der Waals surface area contributed by atoms with E-state index in [0.29, 0.717) is 17.8 Å². The van der Waals surface area contributed by atoms with Crippen LogP contribution in [-0.4, -0.2) is 46.1 Å². The Balaban J connectivity index is 1.41. The highest BCUT2D eigenvalue weighted by Gasteiger charge is 2.44. The van der Waals surface area contributed by atoms with Gasteiger partial charge in [-0.25, -0.2) is 4.90 Å². The summed E-state index contributed by atoms with van der Waals surface area (Å²) in [4.78, 5) is 56.8. The molecule has 0 saturated carbocycles. The maximum absolute atomic E-state index is 13.5. The number of aromatic amines is 1. The van der Waals surface area contributed by atoms with E-state index in [-0.39, 0.29) is 24.6 Å². The maximum atomic E-state index is 13.5. The number of H-pyrrole nitrogens is 1. The first-order valence-corrected chi connectivity index (χ1v) is 11.6. The minimum Gasteiger partial charge on any atom is -0.459 e. The molecule has 2 aromatic heterocycles. The number of imide groups is 1. The van der Waals surface area contributed by atoms with Crippen LogP contribution in [0.2, 0.25) is 0 Å². The summed E-state index contributed by atoms with van der Waals surface area (Å²) >= 11 is 0. The number of carbonyl (C=O) groups excluding carboxylic acids is 4. The van der Waals surface area contributed by atoms with Gasteiger partial charge in [-0.3, -0.25) is 19.2 Å². The van der Waals surface area contributed by atoms with Crippen molar-refractivity contribution in [2.45, 2.75) is 25.8 Å². The molecule has 9 nitrogen and oxygen atoms in total. The fourth-order valence-electron chi connectivity index (χ4n) is 4.55. The quantitative estimate of drug-likeness (QED) is 0.388. The van der Waals surface area contributed by atoms with Crippen molar-refractivity contribution in [3.8, 4) is 0 Å². The highest BCUT2D eigenvalue weighted by Crippen LogP contribution is 2.28. The standard InChI is InChI=1S/C27H24N4O5/c1-17(32)29-19-8-10-20(11-9-19)31-25(33)15-23(26(31)34)30(27(35)24-7-4-14-36-24)13-12-18-16-28-22-6-3-2-5-21(18)22/h2-11,14,16,23,28H,12-13,15H2,1H3,(H,29,32). The number of rotatable bonds is 7. The third-order valence-corrected chi connectivity index (χ3v) is 6.23. The number of furan rings is 1. The van der Waals surface area contributed by atoms with E-state index < -0.39 is 23.8 Å². The molecule has 182 valence electrons. The number of anilines is 2. The normalized spacial score (nSPS) is 15.5. The third kappa shape index (κ3) is 4.38. The van der Waals surface area contributed by atoms with Crippen LogP contribution in [0.4, 0.5) is 11.4 Å². The first-order valence-electron chi connectivity index (χ1n) is 11.6. The fourth-order valence-corrected chi connectivity index (χ4v) is 4.55. The summed E-state index contributed by atoms with van der Waals surface area (Å²) in [6.45, 7) is 1.62. The molecule has 36 heavy (non-hydrogen) atoms. The van der Waals surface area contributed by atoms with E-state index in [1.165, 1.54) is 18.1 Å². The zero-order chi connectivity index (χ0) is 25.2. The smallest absolute Gasteiger partial charge is 0.290 e. The minimum absolute atomic E-state index is 0.104. The second-order valence-electron chi connectivity index (χ2n) is 8.60. The molecule has 4 aromatic rings. The molecule has 0 radical (unpaired) electrons. The number of carbonyl (C=O) groups is 4. The van der Waals surface area contributed by atoms with Crippen LogP contribution >= 0.6 is 0 Å². The van der Waals surface area contributed by atoms with Crippen molar-refractivity contribution in [1.29, 1.82) is 0 Å². The van der Waals surface area contributed by atoms with Crippen LogP contribution in [0.25, 0.3) is 10.9 Å². The number of amides is 4. The predicted octanol–water partition coefficient (Wildman–Crippen LogP) is 3.74. The lowest BCUT2D eigenvalue weighted by Crippen LogP contribution is -2.46. The number of hydrogen-bond donors (Lipinski definition) is 2. The van der Waals surface area contributed by atoms with Crippen LogP contribution in [0.3, 0.4) is 0 Å². The molecule has 1 unspecified atom stereocenters. The topological polar surface area (TPSA) is 116 Å².